The minimum Gasteiger partial charge on any atom is -0.393 e. The molecule has 2 aliphatic heterocycles. The number of aliphatic hydroxyl groups is 1. The van der Waals surface area contributed by atoms with Crippen molar-refractivity contribution < 1.29 is 14.7 Å². The number of rotatable bonds is 3. The van der Waals surface area contributed by atoms with Gasteiger partial charge in [0, 0.05) is 43.2 Å². The van der Waals surface area contributed by atoms with Crippen LogP contribution in [-0.4, -0.2) is 47.6 Å². The van der Waals surface area contributed by atoms with Gasteiger partial charge in [0.1, 0.15) is 0 Å². The quantitative estimate of drug-likeness (QED) is 0.926. The van der Waals surface area contributed by atoms with E-state index < -0.39 is 0 Å². The number of likely N-dealkylation sites (tertiary alicyclic amines) is 1. The van der Waals surface area contributed by atoms with E-state index in [-0.39, 0.29) is 23.8 Å². The lowest BCUT2D eigenvalue weighted by atomic mass is 9.93. The molecule has 0 aromatic heterocycles. The standard InChI is InChI=1S/C19H26N2O3/c1-14(22)16-5-4-11-20(13-16)19(24)15-7-9-17(10-8-15)21-12-3-2-6-18(21)23/h7-10,14,16,22H,2-6,11-13H2,1H3. The Morgan fingerprint density at radius 2 is 1.92 bits per heavy atom. The maximum atomic E-state index is 12.7. The Hall–Kier alpha value is -1.88. The number of hydrogen-bond acceptors (Lipinski definition) is 3. The van der Waals surface area contributed by atoms with Crippen molar-refractivity contribution in [2.24, 2.45) is 5.92 Å². The number of aliphatic hydroxyl groups excluding tert-OH is 1. The molecule has 3 rings (SSSR count). The minimum absolute atomic E-state index is 0.0110. The van der Waals surface area contributed by atoms with E-state index in [1.807, 2.05) is 34.1 Å². The average Bonchev–Trinajstić information content (AvgIpc) is 2.62. The summed E-state index contributed by atoms with van der Waals surface area (Å²) in [5, 5.41) is 9.78. The fraction of sp³-hybridized carbons (Fsp3) is 0.579. The first-order valence-electron chi connectivity index (χ1n) is 8.94. The SMILES string of the molecule is CC(O)C1CCCN(C(=O)c2ccc(N3CCCCC3=O)cc2)C1. The van der Waals surface area contributed by atoms with Gasteiger partial charge in [-0.25, -0.2) is 0 Å². The molecule has 5 nitrogen and oxygen atoms in total. The van der Waals surface area contributed by atoms with Crippen LogP contribution in [0.3, 0.4) is 0 Å². The molecule has 0 radical (unpaired) electrons. The summed E-state index contributed by atoms with van der Waals surface area (Å²) in [6.07, 6.45) is 4.12. The van der Waals surface area contributed by atoms with Gasteiger partial charge in [-0.05, 0) is 56.9 Å². The van der Waals surface area contributed by atoms with Crippen LogP contribution in [-0.2, 0) is 4.79 Å². The van der Waals surface area contributed by atoms with E-state index in [1.165, 1.54) is 0 Å². The van der Waals surface area contributed by atoms with E-state index in [1.54, 1.807) is 6.92 Å². The van der Waals surface area contributed by atoms with Gasteiger partial charge in [-0.3, -0.25) is 9.59 Å². The van der Waals surface area contributed by atoms with Gasteiger partial charge < -0.3 is 14.9 Å². The summed E-state index contributed by atoms with van der Waals surface area (Å²) >= 11 is 0. The van der Waals surface area contributed by atoms with Gasteiger partial charge in [0.2, 0.25) is 5.91 Å². The first-order chi connectivity index (χ1) is 11.6. The Kier molecular flexibility index (Phi) is 5.19. The average molecular weight is 330 g/mol. The van der Waals surface area contributed by atoms with E-state index in [4.69, 9.17) is 0 Å². The smallest absolute Gasteiger partial charge is 0.253 e. The lowest BCUT2D eigenvalue weighted by molar-refractivity contribution is -0.119. The monoisotopic (exact) mass is 330 g/mol. The van der Waals surface area contributed by atoms with E-state index in [0.717, 1.165) is 44.5 Å². The predicted octanol–water partition coefficient (Wildman–Crippen LogP) is 2.44. The highest BCUT2D eigenvalue weighted by molar-refractivity contribution is 5.97. The maximum absolute atomic E-state index is 12.7. The Morgan fingerprint density at radius 3 is 2.58 bits per heavy atom. The zero-order valence-corrected chi connectivity index (χ0v) is 14.3. The molecule has 2 saturated heterocycles. The highest BCUT2D eigenvalue weighted by atomic mass is 16.3. The summed E-state index contributed by atoms with van der Waals surface area (Å²) in [5.74, 6) is 0.334. The van der Waals surface area contributed by atoms with Crippen LogP contribution in [0, 0.1) is 5.92 Å². The topological polar surface area (TPSA) is 60.9 Å². The van der Waals surface area contributed by atoms with Crippen LogP contribution in [0.4, 0.5) is 5.69 Å². The number of hydrogen-bond donors (Lipinski definition) is 1. The molecule has 0 saturated carbocycles. The van der Waals surface area contributed by atoms with E-state index >= 15 is 0 Å². The maximum Gasteiger partial charge on any atom is 0.253 e. The van der Waals surface area contributed by atoms with Gasteiger partial charge in [-0.1, -0.05) is 0 Å². The molecular formula is C19H26N2O3. The van der Waals surface area contributed by atoms with Crippen LogP contribution in [0.5, 0.6) is 0 Å². The van der Waals surface area contributed by atoms with E-state index in [2.05, 4.69) is 0 Å². The number of anilines is 1. The third kappa shape index (κ3) is 3.61. The fourth-order valence-electron chi connectivity index (χ4n) is 3.63. The Balaban J connectivity index is 1.68. The number of nitrogens with zero attached hydrogens (tertiary/aromatic N) is 2. The summed E-state index contributed by atoms with van der Waals surface area (Å²) in [4.78, 5) is 28.3. The van der Waals surface area contributed by atoms with Gasteiger partial charge in [-0.2, -0.15) is 0 Å². The Morgan fingerprint density at radius 1 is 1.17 bits per heavy atom. The Labute approximate surface area is 143 Å². The number of amides is 2. The summed E-state index contributed by atoms with van der Waals surface area (Å²) in [6.45, 7) is 3.91. The molecule has 2 fully saturated rings. The van der Waals surface area contributed by atoms with Crippen LogP contribution < -0.4 is 4.90 Å². The minimum atomic E-state index is -0.381. The van der Waals surface area contributed by atoms with Crippen molar-refractivity contribution in [1.82, 2.24) is 4.90 Å². The van der Waals surface area contributed by atoms with Gasteiger partial charge >= 0.3 is 0 Å². The molecule has 0 aliphatic carbocycles. The number of benzene rings is 1. The summed E-state index contributed by atoms with van der Waals surface area (Å²) in [5.41, 5.74) is 1.52. The molecule has 5 heteroatoms. The number of carbonyl (C=O) groups excluding carboxylic acids is 2. The molecule has 1 aromatic rings. The second-order valence-corrected chi connectivity index (χ2v) is 6.94. The predicted molar refractivity (Wildman–Crippen MR) is 93.0 cm³/mol. The molecule has 0 bridgehead atoms. The third-order valence-electron chi connectivity index (χ3n) is 5.18. The van der Waals surface area contributed by atoms with Crippen molar-refractivity contribution in [3.05, 3.63) is 29.8 Å². The normalized spacial score (nSPS) is 23.2. The van der Waals surface area contributed by atoms with Crippen LogP contribution in [0.2, 0.25) is 0 Å². The number of piperidine rings is 2. The summed E-state index contributed by atoms with van der Waals surface area (Å²) in [7, 11) is 0. The van der Waals surface area contributed by atoms with Crippen molar-refractivity contribution in [3.8, 4) is 0 Å². The van der Waals surface area contributed by atoms with Crippen molar-refractivity contribution >= 4 is 17.5 Å². The highest BCUT2D eigenvalue weighted by Crippen LogP contribution is 2.24. The molecular weight excluding hydrogens is 304 g/mol. The van der Waals surface area contributed by atoms with Crippen LogP contribution in [0.25, 0.3) is 0 Å². The summed E-state index contributed by atoms with van der Waals surface area (Å²) in [6, 6.07) is 7.36. The fourth-order valence-corrected chi connectivity index (χ4v) is 3.63. The van der Waals surface area contributed by atoms with Gasteiger partial charge in [0.15, 0.2) is 0 Å². The zero-order valence-electron chi connectivity index (χ0n) is 14.3. The lowest BCUT2D eigenvalue weighted by Gasteiger charge is -2.34. The zero-order chi connectivity index (χ0) is 17.1. The van der Waals surface area contributed by atoms with Crippen LogP contribution >= 0.6 is 0 Å². The van der Waals surface area contributed by atoms with Crippen molar-refractivity contribution in [2.75, 3.05) is 24.5 Å². The Bertz CT molecular complexity index is 597. The second kappa shape index (κ2) is 7.34. The molecule has 1 aromatic carbocycles. The summed E-state index contributed by atoms with van der Waals surface area (Å²) < 4.78 is 0. The molecule has 1 N–H and O–H groups in total. The lowest BCUT2D eigenvalue weighted by Crippen LogP contribution is -2.43. The van der Waals surface area contributed by atoms with E-state index in [9.17, 15) is 14.7 Å². The number of carbonyl (C=O) groups is 2. The molecule has 2 amide bonds. The van der Waals surface area contributed by atoms with E-state index in [0.29, 0.717) is 18.5 Å². The van der Waals surface area contributed by atoms with Gasteiger partial charge in [-0.15, -0.1) is 0 Å². The van der Waals surface area contributed by atoms with Crippen molar-refractivity contribution in [3.63, 3.8) is 0 Å². The van der Waals surface area contributed by atoms with Crippen molar-refractivity contribution in [1.29, 1.82) is 0 Å². The van der Waals surface area contributed by atoms with Crippen molar-refractivity contribution in [2.45, 2.75) is 45.1 Å². The largest absolute Gasteiger partial charge is 0.393 e. The first kappa shape index (κ1) is 17.0. The molecule has 2 aliphatic rings. The molecule has 24 heavy (non-hydrogen) atoms. The highest BCUT2D eigenvalue weighted by Gasteiger charge is 2.27. The van der Waals surface area contributed by atoms with Gasteiger partial charge in [0.25, 0.3) is 5.91 Å². The first-order valence-corrected chi connectivity index (χ1v) is 8.94. The van der Waals surface area contributed by atoms with Crippen LogP contribution in [0.1, 0.15) is 49.4 Å². The molecule has 2 unspecified atom stereocenters. The molecule has 2 atom stereocenters. The second-order valence-electron chi connectivity index (χ2n) is 6.94. The molecule has 0 spiro atoms. The third-order valence-corrected chi connectivity index (χ3v) is 5.18. The van der Waals surface area contributed by atoms with Crippen LogP contribution in [0.15, 0.2) is 24.3 Å². The molecule has 2 heterocycles. The van der Waals surface area contributed by atoms with Gasteiger partial charge in [0.05, 0.1) is 6.10 Å². The molecule has 130 valence electrons.